The Balaban J connectivity index is 1.93. The molecule has 33 heavy (non-hydrogen) atoms. The van der Waals surface area contributed by atoms with Crippen LogP contribution in [-0.4, -0.2) is 12.5 Å². The van der Waals surface area contributed by atoms with E-state index < -0.39 is 5.91 Å². The van der Waals surface area contributed by atoms with Crippen LogP contribution in [0.15, 0.2) is 60.2 Å². The molecule has 4 nitrogen and oxygen atoms in total. The summed E-state index contributed by atoms with van der Waals surface area (Å²) in [5.41, 5.74) is 3.61. The SMILES string of the molecule is CCOc1cc(/C=C(\C#N)C(=O)Nc2cccc(Cl)c2C)cc(I)c1Cc1cccc(F)c1. The second-order valence-corrected chi connectivity index (χ2v) is 8.82. The van der Waals surface area contributed by atoms with Crippen LogP contribution in [0.4, 0.5) is 10.1 Å². The number of ether oxygens (including phenoxy) is 1. The second-order valence-electron chi connectivity index (χ2n) is 7.26. The lowest BCUT2D eigenvalue weighted by Crippen LogP contribution is -2.14. The number of nitriles is 1. The maximum Gasteiger partial charge on any atom is 0.266 e. The van der Waals surface area contributed by atoms with Crippen molar-refractivity contribution in [1.82, 2.24) is 0 Å². The number of carbonyl (C=O) groups is 1. The average Bonchev–Trinajstić information content (AvgIpc) is 2.77. The van der Waals surface area contributed by atoms with Crippen LogP contribution in [0.25, 0.3) is 6.08 Å². The van der Waals surface area contributed by atoms with Gasteiger partial charge < -0.3 is 10.1 Å². The van der Waals surface area contributed by atoms with Crippen molar-refractivity contribution in [2.24, 2.45) is 0 Å². The van der Waals surface area contributed by atoms with Gasteiger partial charge in [0.15, 0.2) is 0 Å². The van der Waals surface area contributed by atoms with Crippen molar-refractivity contribution in [3.63, 3.8) is 0 Å². The monoisotopic (exact) mass is 574 g/mol. The van der Waals surface area contributed by atoms with Gasteiger partial charge in [-0.3, -0.25) is 4.79 Å². The zero-order chi connectivity index (χ0) is 24.0. The van der Waals surface area contributed by atoms with Gasteiger partial charge in [0.05, 0.1) is 6.61 Å². The minimum absolute atomic E-state index is 0.0505. The second kappa shape index (κ2) is 11.3. The molecule has 0 atom stereocenters. The third-order valence-electron chi connectivity index (χ3n) is 4.94. The van der Waals surface area contributed by atoms with Gasteiger partial charge in [-0.25, -0.2) is 4.39 Å². The molecule has 0 bridgehead atoms. The first-order valence-electron chi connectivity index (χ1n) is 10.2. The van der Waals surface area contributed by atoms with E-state index in [9.17, 15) is 14.4 Å². The highest BCUT2D eigenvalue weighted by Crippen LogP contribution is 2.30. The standard InChI is InChI=1S/C26H21ClFIN2O2/c1-3-33-25-14-18(13-23(29)21(25)12-17-6-4-7-20(28)11-17)10-19(15-30)26(32)31-24-9-5-8-22(27)16(24)2/h4-11,13-14H,3,12H2,1-2H3,(H,31,32)/b19-10+. The van der Waals surface area contributed by atoms with Crippen LogP contribution in [-0.2, 0) is 11.2 Å². The van der Waals surface area contributed by atoms with E-state index in [1.807, 2.05) is 25.1 Å². The number of rotatable bonds is 7. The Morgan fingerprint density at radius 1 is 1.24 bits per heavy atom. The fraction of sp³-hybridized carbons (Fsp3) is 0.154. The molecule has 0 aliphatic heterocycles. The van der Waals surface area contributed by atoms with E-state index in [1.165, 1.54) is 18.2 Å². The summed E-state index contributed by atoms with van der Waals surface area (Å²) < 4.78 is 20.3. The summed E-state index contributed by atoms with van der Waals surface area (Å²) in [7, 11) is 0. The Hall–Kier alpha value is -2.89. The highest BCUT2D eigenvalue weighted by Gasteiger charge is 2.15. The van der Waals surface area contributed by atoms with Crippen LogP contribution in [0.5, 0.6) is 5.75 Å². The van der Waals surface area contributed by atoms with Gasteiger partial charge in [-0.1, -0.05) is 29.8 Å². The van der Waals surface area contributed by atoms with Gasteiger partial charge in [-0.05, 0) is 95.6 Å². The molecule has 0 unspecified atom stereocenters. The number of nitrogens with zero attached hydrogens (tertiary/aromatic N) is 1. The quantitative estimate of drug-likeness (QED) is 0.189. The van der Waals surface area contributed by atoms with Crippen LogP contribution < -0.4 is 10.1 Å². The van der Waals surface area contributed by atoms with Crippen LogP contribution in [0.2, 0.25) is 5.02 Å². The number of halogens is 3. The number of carbonyl (C=O) groups excluding carboxylic acids is 1. The van der Waals surface area contributed by atoms with Gasteiger partial charge >= 0.3 is 0 Å². The van der Waals surface area contributed by atoms with Crippen LogP contribution >= 0.6 is 34.2 Å². The van der Waals surface area contributed by atoms with E-state index in [-0.39, 0.29) is 11.4 Å². The van der Waals surface area contributed by atoms with Crippen LogP contribution in [0.1, 0.15) is 29.2 Å². The average molecular weight is 575 g/mol. The third-order valence-corrected chi connectivity index (χ3v) is 6.31. The molecule has 0 aliphatic carbocycles. The van der Waals surface area contributed by atoms with E-state index in [0.29, 0.717) is 35.1 Å². The first-order valence-corrected chi connectivity index (χ1v) is 11.7. The highest BCUT2D eigenvalue weighted by molar-refractivity contribution is 14.1. The van der Waals surface area contributed by atoms with Gasteiger partial charge in [-0.2, -0.15) is 5.26 Å². The van der Waals surface area contributed by atoms with Crippen molar-refractivity contribution in [2.45, 2.75) is 20.3 Å². The van der Waals surface area contributed by atoms with Crippen LogP contribution in [0.3, 0.4) is 0 Å². The third kappa shape index (κ3) is 6.34. The number of hydrogen-bond acceptors (Lipinski definition) is 3. The molecular weight excluding hydrogens is 554 g/mol. The number of hydrogen-bond donors (Lipinski definition) is 1. The Morgan fingerprint density at radius 2 is 2.00 bits per heavy atom. The van der Waals surface area contributed by atoms with E-state index >= 15 is 0 Å². The topological polar surface area (TPSA) is 62.1 Å². The molecule has 3 aromatic rings. The maximum absolute atomic E-state index is 13.6. The van der Waals surface area contributed by atoms with E-state index in [2.05, 4.69) is 27.9 Å². The molecule has 1 amide bonds. The molecule has 7 heteroatoms. The summed E-state index contributed by atoms with van der Waals surface area (Å²) >= 11 is 8.31. The fourth-order valence-corrected chi connectivity index (χ4v) is 4.26. The van der Waals surface area contributed by atoms with E-state index in [1.54, 1.807) is 37.3 Å². The van der Waals surface area contributed by atoms with Gasteiger partial charge in [0.1, 0.15) is 23.2 Å². The number of nitrogens with one attached hydrogen (secondary N) is 1. The Labute approximate surface area is 211 Å². The fourth-order valence-electron chi connectivity index (χ4n) is 3.27. The molecule has 0 fully saturated rings. The predicted octanol–water partition coefficient (Wildman–Crippen LogP) is 6.93. The predicted molar refractivity (Wildman–Crippen MR) is 138 cm³/mol. The van der Waals surface area contributed by atoms with Crippen LogP contribution in [0, 0.1) is 27.6 Å². The zero-order valence-electron chi connectivity index (χ0n) is 18.1. The maximum atomic E-state index is 13.6. The lowest BCUT2D eigenvalue weighted by Gasteiger charge is -2.14. The number of benzene rings is 3. The van der Waals surface area contributed by atoms with E-state index in [0.717, 1.165) is 20.3 Å². The normalized spacial score (nSPS) is 11.1. The van der Waals surface area contributed by atoms with Gasteiger partial charge in [0, 0.05) is 26.3 Å². The summed E-state index contributed by atoms with van der Waals surface area (Å²) in [6.45, 7) is 4.11. The van der Waals surface area contributed by atoms with Crippen molar-refractivity contribution < 1.29 is 13.9 Å². The molecule has 3 aromatic carbocycles. The molecule has 0 heterocycles. The first-order chi connectivity index (χ1) is 15.8. The van der Waals surface area contributed by atoms with Crippen molar-refractivity contribution in [3.8, 4) is 11.8 Å². The summed E-state index contributed by atoms with van der Waals surface area (Å²) in [6.07, 6.45) is 2.01. The molecule has 0 radical (unpaired) electrons. The lowest BCUT2D eigenvalue weighted by molar-refractivity contribution is -0.112. The summed E-state index contributed by atoms with van der Waals surface area (Å²) in [6, 6.07) is 17.3. The van der Waals surface area contributed by atoms with E-state index in [4.69, 9.17) is 16.3 Å². The Morgan fingerprint density at radius 3 is 2.70 bits per heavy atom. The van der Waals surface area contributed by atoms with Crippen molar-refractivity contribution >= 4 is 51.9 Å². The molecule has 0 aliphatic rings. The molecular formula is C26H21ClFIN2O2. The zero-order valence-corrected chi connectivity index (χ0v) is 21.0. The highest BCUT2D eigenvalue weighted by atomic mass is 127. The van der Waals surface area contributed by atoms with Crippen molar-refractivity contribution in [1.29, 1.82) is 5.26 Å². The molecule has 1 N–H and O–H groups in total. The number of amides is 1. The summed E-state index contributed by atoms with van der Waals surface area (Å²) in [5.74, 6) is -0.192. The number of anilines is 1. The van der Waals surface area contributed by atoms with Gasteiger partial charge in [0.25, 0.3) is 5.91 Å². The Bertz CT molecular complexity index is 1270. The van der Waals surface area contributed by atoms with Gasteiger partial charge in [-0.15, -0.1) is 0 Å². The summed E-state index contributed by atoms with van der Waals surface area (Å²) in [4.78, 5) is 12.7. The molecule has 0 saturated heterocycles. The molecule has 0 aromatic heterocycles. The molecule has 168 valence electrons. The molecule has 0 spiro atoms. The van der Waals surface area contributed by atoms with Crippen molar-refractivity contribution in [2.75, 3.05) is 11.9 Å². The first kappa shape index (κ1) is 24.7. The van der Waals surface area contributed by atoms with Crippen molar-refractivity contribution in [3.05, 3.63) is 96.8 Å². The summed E-state index contributed by atoms with van der Waals surface area (Å²) in [5, 5.41) is 12.9. The smallest absolute Gasteiger partial charge is 0.266 e. The minimum atomic E-state index is -0.528. The minimum Gasteiger partial charge on any atom is -0.494 e. The lowest BCUT2D eigenvalue weighted by atomic mass is 10.0. The largest absolute Gasteiger partial charge is 0.494 e. The van der Waals surface area contributed by atoms with Gasteiger partial charge in [0.2, 0.25) is 0 Å². The molecule has 0 saturated carbocycles. The Kier molecular flexibility index (Phi) is 8.48. The molecule has 3 rings (SSSR count).